The Labute approximate surface area is 298 Å². The number of nitrogens with one attached hydrogen (secondary N) is 1. The van der Waals surface area contributed by atoms with E-state index < -0.39 is 76.2 Å². The fourth-order valence-corrected chi connectivity index (χ4v) is 5.71. The fourth-order valence-electron chi connectivity index (χ4n) is 5.71. The quantitative estimate of drug-likeness (QED) is 0.257. The summed E-state index contributed by atoms with van der Waals surface area (Å²) in [4.78, 5) is 66.8. The molecular formula is C40H47NO10. The number of amides is 1. The van der Waals surface area contributed by atoms with Crippen molar-refractivity contribution in [2.45, 2.75) is 72.7 Å². The molecule has 51 heavy (non-hydrogen) atoms. The highest BCUT2D eigenvalue weighted by atomic mass is 16.5. The van der Waals surface area contributed by atoms with Crippen LogP contribution in [0.2, 0.25) is 0 Å². The normalized spacial score (nSPS) is 30.9. The number of aliphatic hydroxyl groups is 3. The Kier molecular flexibility index (Phi) is 14.1. The molecule has 3 aliphatic rings. The zero-order valence-corrected chi connectivity index (χ0v) is 30.0. The Morgan fingerprint density at radius 3 is 2.10 bits per heavy atom. The van der Waals surface area contributed by atoms with Crippen molar-refractivity contribution in [2.75, 3.05) is 7.11 Å². The van der Waals surface area contributed by atoms with E-state index in [2.05, 4.69) is 5.32 Å². The molecule has 0 radical (unpaired) electrons. The Morgan fingerprint density at radius 1 is 0.765 bits per heavy atom. The molecule has 1 amide bonds. The highest BCUT2D eigenvalue weighted by Crippen LogP contribution is 2.37. The SMILES string of the molecule is COC1=C2NC(=O)/C=C/C=C\C=C\C(C)C(O)CC(=O)/C(C)=C/CC(O)/C=C/C(C)C(O)C(C)/C=C(/C)C(=O)c3c(O)c(C)cc(c3C1=O)C2=O. The van der Waals surface area contributed by atoms with E-state index in [0.717, 1.165) is 13.2 Å². The number of aromatic hydroxyl groups is 1. The molecule has 0 saturated heterocycles. The maximum Gasteiger partial charge on any atom is 0.248 e. The number of allylic oxidation sites excluding steroid dienone is 8. The van der Waals surface area contributed by atoms with E-state index >= 15 is 0 Å². The second kappa shape index (κ2) is 17.8. The van der Waals surface area contributed by atoms with Gasteiger partial charge in [-0.15, -0.1) is 0 Å². The summed E-state index contributed by atoms with van der Waals surface area (Å²) in [6, 6.07) is 1.27. The van der Waals surface area contributed by atoms with Gasteiger partial charge in [0.2, 0.25) is 17.5 Å². The molecule has 5 N–H and O–H groups in total. The van der Waals surface area contributed by atoms with Crippen molar-refractivity contribution in [3.8, 4) is 5.75 Å². The minimum atomic E-state index is -1.01. The highest BCUT2D eigenvalue weighted by Gasteiger charge is 2.39. The van der Waals surface area contributed by atoms with E-state index in [0.29, 0.717) is 5.57 Å². The van der Waals surface area contributed by atoms with Crippen LogP contribution in [-0.2, 0) is 14.3 Å². The zero-order chi connectivity index (χ0) is 38.2. The predicted octanol–water partition coefficient (Wildman–Crippen LogP) is 4.71. The highest BCUT2D eigenvalue weighted by molar-refractivity contribution is 6.31. The number of aryl methyl sites for hydroxylation is 1. The van der Waals surface area contributed by atoms with Crippen LogP contribution in [0.5, 0.6) is 5.75 Å². The molecule has 0 saturated carbocycles. The lowest BCUT2D eigenvalue weighted by atomic mass is 9.82. The monoisotopic (exact) mass is 701 g/mol. The van der Waals surface area contributed by atoms with Gasteiger partial charge in [0.25, 0.3) is 0 Å². The van der Waals surface area contributed by atoms with Gasteiger partial charge >= 0.3 is 0 Å². The molecule has 4 bridgehead atoms. The van der Waals surface area contributed by atoms with Crippen LogP contribution in [0.25, 0.3) is 0 Å². The summed E-state index contributed by atoms with van der Waals surface area (Å²) in [5, 5.41) is 45.6. The van der Waals surface area contributed by atoms with Gasteiger partial charge in [-0.1, -0.05) is 75.5 Å². The third-order valence-electron chi connectivity index (χ3n) is 8.99. The molecule has 2 heterocycles. The zero-order valence-electron chi connectivity index (χ0n) is 30.0. The van der Waals surface area contributed by atoms with Gasteiger partial charge in [-0.25, -0.2) is 0 Å². The second-order valence-corrected chi connectivity index (χ2v) is 13.0. The van der Waals surface area contributed by atoms with Gasteiger partial charge < -0.3 is 30.5 Å². The number of carbonyl (C=O) groups excluding carboxylic acids is 5. The lowest BCUT2D eigenvalue weighted by Gasteiger charge is -2.24. The van der Waals surface area contributed by atoms with E-state index in [1.54, 1.807) is 58.1 Å². The summed E-state index contributed by atoms with van der Waals surface area (Å²) in [7, 11) is 1.14. The Hall–Kier alpha value is -4.97. The number of rotatable bonds is 1. The molecular weight excluding hydrogens is 654 g/mol. The predicted molar refractivity (Wildman–Crippen MR) is 192 cm³/mol. The Morgan fingerprint density at radius 2 is 1.43 bits per heavy atom. The average molecular weight is 702 g/mol. The van der Waals surface area contributed by atoms with Gasteiger partial charge in [0.05, 0.1) is 36.5 Å². The summed E-state index contributed by atoms with van der Waals surface area (Å²) >= 11 is 0. The molecule has 11 nitrogen and oxygen atoms in total. The van der Waals surface area contributed by atoms with Crippen molar-refractivity contribution in [3.63, 3.8) is 0 Å². The smallest absolute Gasteiger partial charge is 0.248 e. The second-order valence-electron chi connectivity index (χ2n) is 13.0. The summed E-state index contributed by atoms with van der Waals surface area (Å²) in [5.41, 5.74) is -0.768. The van der Waals surface area contributed by atoms with Gasteiger partial charge in [0.1, 0.15) is 11.4 Å². The minimum Gasteiger partial charge on any atom is -0.507 e. The number of hydrogen-bond donors (Lipinski definition) is 5. The first-order valence-electron chi connectivity index (χ1n) is 16.7. The topological polar surface area (TPSA) is 188 Å². The number of fused-ring (bicyclic) bond motifs is 18. The van der Waals surface area contributed by atoms with Crippen molar-refractivity contribution in [1.29, 1.82) is 0 Å². The van der Waals surface area contributed by atoms with Gasteiger partial charge in [0, 0.05) is 35.8 Å². The first-order chi connectivity index (χ1) is 24.0. The van der Waals surface area contributed by atoms with Crippen molar-refractivity contribution in [2.24, 2.45) is 17.8 Å². The number of hydrogen-bond acceptors (Lipinski definition) is 10. The number of benzene rings is 1. The van der Waals surface area contributed by atoms with Crippen LogP contribution in [0, 0.1) is 24.7 Å². The first kappa shape index (κ1) is 40.5. The number of carbonyl (C=O) groups is 5. The van der Waals surface area contributed by atoms with Crippen LogP contribution in [-0.4, -0.2) is 74.9 Å². The number of phenols is 1. The van der Waals surface area contributed by atoms with Gasteiger partial charge in [-0.2, -0.15) is 0 Å². The van der Waals surface area contributed by atoms with Crippen LogP contribution in [0.1, 0.15) is 84.1 Å². The van der Waals surface area contributed by atoms with Crippen LogP contribution in [0.15, 0.2) is 89.4 Å². The molecule has 1 aromatic rings. The van der Waals surface area contributed by atoms with Crippen LogP contribution in [0.3, 0.4) is 0 Å². The molecule has 0 fully saturated rings. The fraction of sp³-hybridized carbons (Fsp3) is 0.375. The van der Waals surface area contributed by atoms with Crippen molar-refractivity contribution < 1.29 is 49.1 Å². The largest absolute Gasteiger partial charge is 0.507 e. The molecule has 2 aliphatic heterocycles. The first-order valence-corrected chi connectivity index (χ1v) is 16.7. The molecule has 1 aliphatic carbocycles. The lowest BCUT2D eigenvalue weighted by Crippen LogP contribution is -2.35. The molecule has 272 valence electrons. The van der Waals surface area contributed by atoms with E-state index in [9.17, 15) is 44.4 Å². The molecule has 6 atom stereocenters. The number of aliphatic hydroxyl groups excluding tert-OH is 3. The molecule has 1 aromatic carbocycles. The summed E-state index contributed by atoms with van der Waals surface area (Å²) < 4.78 is 5.25. The molecule has 0 aromatic heterocycles. The third kappa shape index (κ3) is 9.84. The van der Waals surface area contributed by atoms with Crippen molar-refractivity contribution >= 4 is 29.0 Å². The lowest BCUT2D eigenvalue weighted by molar-refractivity contribution is -0.118. The number of ether oxygens (including phenoxy) is 1. The maximum absolute atomic E-state index is 13.9. The molecule has 0 spiro atoms. The van der Waals surface area contributed by atoms with E-state index in [4.69, 9.17) is 4.74 Å². The van der Waals surface area contributed by atoms with Crippen molar-refractivity contribution in [3.05, 3.63) is 112 Å². The molecule has 4 rings (SSSR count). The maximum atomic E-state index is 13.9. The van der Waals surface area contributed by atoms with E-state index in [1.165, 1.54) is 44.2 Å². The number of methoxy groups -OCH3 is 1. The van der Waals surface area contributed by atoms with Crippen molar-refractivity contribution in [1.82, 2.24) is 5.32 Å². The number of phenolic OH excluding ortho intramolecular Hbond substituents is 1. The summed E-state index contributed by atoms with van der Waals surface area (Å²) in [6.07, 6.45) is 12.3. The van der Waals surface area contributed by atoms with Gasteiger partial charge in [-0.05, 0) is 50.0 Å². The van der Waals surface area contributed by atoms with Gasteiger partial charge in [-0.3, -0.25) is 24.0 Å². The number of Topliss-reactive ketones (excluding diaryl/α,β-unsaturated/α-hetero) is 4. The standard InChI is InChI=1S/C40H47NO10/c1-21-12-10-8-9-11-13-31(45)41-34-38(49)28-19-26(6)37(48)33(32(28)39(50)40(34)51-7)36(47)25(5)18-24(4)35(46)23(3)15-17-27(42)16-14-22(2)30(44)20-29(21)43/h8-15,17-19,21,23-24,27,29,35,42-43,46,48H,16,20H2,1-7H3,(H,41,45)/b9-8-,12-10+,13-11+,17-15+,22-14+,25-18-. The Balaban J connectivity index is 2.08. The third-order valence-corrected chi connectivity index (χ3v) is 8.99. The number of ketones is 4. The van der Waals surface area contributed by atoms with Crippen LogP contribution in [0.4, 0.5) is 0 Å². The average Bonchev–Trinajstić information content (AvgIpc) is 3.09. The van der Waals surface area contributed by atoms with Gasteiger partial charge in [0.15, 0.2) is 17.3 Å². The molecule has 6 unspecified atom stereocenters. The Bertz CT molecular complexity index is 1790. The summed E-state index contributed by atoms with van der Waals surface area (Å²) in [6.45, 7) is 9.70. The van der Waals surface area contributed by atoms with E-state index in [1.807, 2.05) is 0 Å². The van der Waals surface area contributed by atoms with E-state index in [-0.39, 0.29) is 46.8 Å². The summed E-state index contributed by atoms with van der Waals surface area (Å²) in [5.74, 6) is -5.93. The molecule has 11 heteroatoms. The minimum absolute atomic E-state index is 0.0879. The van der Waals surface area contributed by atoms with Crippen LogP contribution >= 0.6 is 0 Å². The van der Waals surface area contributed by atoms with Crippen LogP contribution < -0.4 is 5.32 Å².